The second-order valence-electron chi connectivity index (χ2n) is 5.06. The molecular weight excluding hydrogens is 306 g/mol. The molecule has 1 unspecified atom stereocenters. The molecule has 18 heavy (non-hydrogen) atoms. The Morgan fingerprint density at radius 2 is 1.89 bits per heavy atom. The number of thioether (sulfide) groups is 1. The van der Waals surface area contributed by atoms with Crippen LogP contribution in [0.2, 0.25) is 0 Å². The van der Waals surface area contributed by atoms with E-state index in [-0.39, 0.29) is 0 Å². The smallest absolute Gasteiger partial charge is 0.0186 e. The summed E-state index contributed by atoms with van der Waals surface area (Å²) in [6.07, 6.45) is 7.10. The van der Waals surface area contributed by atoms with Gasteiger partial charge < -0.3 is 5.32 Å². The summed E-state index contributed by atoms with van der Waals surface area (Å²) >= 11 is 5.45. The van der Waals surface area contributed by atoms with Crippen molar-refractivity contribution in [1.82, 2.24) is 5.32 Å². The lowest BCUT2D eigenvalue weighted by molar-refractivity contribution is 0.294. The first-order chi connectivity index (χ1) is 8.79. The van der Waals surface area contributed by atoms with Crippen molar-refractivity contribution in [1.29, 1.82) is 0 Å². The molecule has 0 amide bonds. The molecule has 1 fully saturated rings. The van der Waals surface area contributed by atoms with Crippen molar-refractivity contribution in [3.05, 3.63) is 28.7 Å². The van der Waals surface area contributed by atoms with Gasteiger partial charge in [-0.3, -0.25) is 0 Å². The third kappa shape index (κ3) is 4.29. The van der Waals surface area contributed by atoms with E-state index in [1.54, 1.807) is 0 Å². The van der Waals surface area contributed by atoms with Gasteiger partial charge in [-0.25, -0.2) is 0 Å². The van der Waals surface area contributed by atoms with Crippen LogP contribution < -0.4 is 5.32 Å². The second-order valence-corrected chi connectivity index (χ2v) is 7.07. The second kappa shape index (κ2) is 7.56. The van der Waals surface area contributed by atoms with Crippen LogP contribution >= 0.6 is 27.7 Å². The SMILES string of the molecule is CNC(CSc1ccc(Br)cc1)C1CCCCC1. The molecule has 0 spiro atoms. The molecular formula is C15H22BrNS. The lowest BCUT2D eigenvalue weighted by Gasteiger charge is -2.29. The predicted octanol–water partition coefficient (Wildman–Crippen LogP) is 4.71. The molecule has 0 radical (unpaired) electrons. The van der Waals surface area contributed by atoms with Crippen molar-refractivity contribution in [2.45, 2.75) is 43.0 Å². The largest absolute Gasteiger partial charge is 0.316 e. The third-order valence-corrected chi connectivity index (χ3v) is 5.49. The van der Waals surface area contributed by atoms with Crippen LogP contribution in [0.5, 0.6) is 0 Å². The van der Waals surface area contributed by atoms with Crippen molar-refractivity contribution >= 4 is 27.7 Å². The number of hydrogen-bond acceptors (Lipinski definition) is 2. The first-order valence-electron chi connectivity index (χ1n) is 6.85. The van der Waals surface area contributed by atoms with E-state index >= 15 is 0 Å². The molecule has 0 bridgehead atoms. The topological polar surface area (TPSA) is 12.0 Å². The highest BCUT2D eigenvalue weighted by Gasteiger charge is 2.22. The Balaban J connectivity index is 1.84. The van der Waals surface area contributed by atoms with E-state index in [0.717, 1.165) is 10.4 Å². The summed E-state index contributed by atoms with van der Waals surface area (Å²) in [5.74, 6) is 2.06. The highest BCUT2D eigenvalue weighted by atomic mass is 79.9. The van der Waals surface area contributed by atoms with Crippen molar-refractivity contribution in [3.8, 4) is 0 Å². The maximum Gasteiger partial charge on any atom is 0.0186 e. The van der Waals surface area contributed by atoms with Crippen molar-refractivity contribution in [2.24, 2.45) is 5.92 Å². The van der Waals surface area contributed by atoms with Crippen LogP contribution in [0.25, 0.3) is 0 Å². The zero-order valence-electron chi connectivity index (χ0n) is 11.0. The number of hydrogen-bond donors (Lipinski definition) is 1. The maximum atomic E-state index is 3.52. The first kappa shape index (κ1) is 14.4. The molecule has 2 rings (SSSR count). The van der Waals surface area contributed by atoms with Gasteiger partial charge in [-0.1, -0.05) is 35.2 Å². The lowest BCUT2D eigenvalue weighted by Crippen LogP contribution is -2.36. The zero-order chi connectivity index (χ0) is 12.8. The Morgan fingerprint density at radius 1 is 1.22 bits per heavy atom. The van der Waals surface area contributed by atoms with Gasteiger partial charge in [-0.15, -0.1) is 11.8 Å². The number of rotatable bonds is 5. The quantitative estimate of drug-likeness (QED) is 0.786. The summed E-state index contributed by atoms with van der Waals surface area (Å²) in [4.78, 5) is 1.37. The van der Waals surface area contributed by atoms with Crippen LogP contribution in [-0.2, 0) is 0 Å². The summed E-state index contributed by atoms with van der Waals surface area (Å²) < 4.78 is 1.16. The van der Waals surface area contributed by atoms with Gasteiger partial charge in [0.1, 0.15) is 0 Å². The summed E-state index contributed by atoms with van der Waals surface area (Å²) in [6.45, 7) is 0. The van der Waals surface area contributed by atoms with Crippen LogP contribution in [0.1, 0.15) is 32.1 Å². The van der Waals surface area contributed by atoms with E-state index in [2.05, 4.69) is 52.6 Å². The van der Waals surface area contributed by atoms with E-state index in [9.17, 15) is 0 Å². The molecule has 0 saturated heterocycles. The molecule has 100 valence electrons. The molecule has 1 saturated carbocycles. The summed E-state index contributed by atoms with van der Waals surface area (Å²) in [5, 5.41) is 3.52. The Hall–Kier alpha value is 0.01000. The Labute approximate surface area is 123 Å². The van der Waals surface area contributed by atoms with E-state index in [1.165, 1.54) is 42.8 Å². The van der Waals surface area contributed by atoms with Crippen LogP contribution in [0.4, 0.5) is 0 Å². The summed E-state index contributed by atoms with van der Waals surface area (Å²) in [7, 11) is 2.11. The van der Waals surface area contributed by atoms with E-state index in [0.29, 0.717) is 6.04 Å². The van der Waals surface area contributed by atoms with Crippen molar-refractivity contribution < 1.29 is 0 Å². The van der Waals surface area contributed by atoms with Crippen LogP contribution in [0, 0.1) is 5.92 Å². The number of halogens is 1. The fraction of sp³-hybridized carbons (Fsp3) is 0.600. The van der Waals surface area contributed by atoms with Gasteiger partial charge in [-0.2, -0.15) is 0 Å². The van der Waals surface area contributed by atoms with Gasteiger partial charge in [0.2, 0.25) is 0 Å². The number of nitrogens with one attached hydrogen (secondary N) is 1. The number of benzene rings is 1. The molecule has 0 aromatic heterocycles. The van der Waals surface area contributed by atoms with Crippen LogP contribution in [0.15, 0.2) is 33.6 Å². The monoisotopic (exact) mass is 327 g/mol. The normalized spacial score (nSPS) is 18.8. The van der Waals surface area contributed by atoms with Crippen molar-refractivity contribution in [2.75, 3.05) is 12.8 Å². The minimum Gasteiger partial charge on any atom is -0.316 e. The van der Waals surface area contributed by atoms with Crippen molar-refractivity contribution in [3.63, 3.8) is 0 Å². The fourth-order valence-electron chi connectivity index (χ4n) is 2.71. The van der Waals surface area contributed by atoms with E-state index in [4.69, 9.17) is 0 Å². The molecule has 1 aromatic rings. The molecule has 1 aliphatic carbocycles. The molecule has 1 aromatic carbocycles. The van der Waals surface area contributed by atoms with E-state index < -0.39 is 0 Å². The molecule has 1 nitrogen and oxygen atoms in total. The average Bonchev–Trinajstić information content (AvgIpc) is 2.43. The Kier molecular flexibility index (Phi) is 6.06. The minimum absolute atomic E-state index is 0.666. The predicted molar refractivity (Wildman–Crippen MR) is 84.3 cm³/mol. The molecule has 1 N–H and O–H groups in total. The third-order valence-electron chi connectivity index (χ3n) is 3.83. The zero-order valence-corrected chi connectivity index (χ0v) is 13.4. The van der Waals surface area contributed by atoms with E-state index in [1.807, 2.05) is 11.8 Å². The standard InChI is InChI=1S/C15H22BrNS/c1-17-15(12-5-3-2-4-6-12)11-18-14-9-7-13(16)8-10-14/h7-10,12,15,17H,2-6,11H2,1H3. The molecule has 1 atom stereocenters. The summed E-state index contributed by atoms with van der Waals surface area (Å²) in [5.41, 5.74) is 0. The van der Waals surface area contributed by atoms with Gasteiger partial charge in [0.25, 0.3) is 0 Å². The van der Waals surface area contributed by atoms with Gasteiger partial charge in [0.05, 0.1) is 0 Å². The molecule has 1 aliphatic rings. The van der Waals surface area contributed by atoms with Gasteiger partial charge in [-0.05, 0) is 50.1 Å². The Bertz CT molecular complexity index is 346. The molecule has 0 aliphatic heterocycles. The van der Waals surface area contributed by atoms with Crippen LogP contribution in [-0.4, -0.2) is 18.8 Å². The maximum absolute atomic E-state index is 3.52. The highest BCUT2D eigenvalue weighted by Crippen LogP contribution is 2.30. The van der Waals surface area contributed by atoms with Gasteiger partial charge >= 0.3 is 0 Å². The van der Waals surface area contributed by atoms with Crippen LogP contribution in [0.3, 0.4) is 0 Å². The fourth-order valence-corrected chi connectivity index (χ4v) is 4.11. The van der Waals surface area contributed by atoms with Gasteiger partial charge in [0.15, 0.2) is 0 Å². The summed E-state index contributed by atoms with van der Waals surface area (Å²) in [6, 6.07) is 9.30. The molecule has 3 heteroatoms. The first-order valence-corrected chi connectivity index (χ1v) is 8.63. The highest BCUT2D eigenvalue weighted by molar-refractivity contribution is 9.10. The minimum atomic E-state index is 0.666. The lowest BCUT2D eigenvalue weighted by atomic mass is 9.84. The molecule has 0 heterocycles. The Morgan fingerprint density at radius 3 is 2.50 bits per heavy atom. The average molecular weight is 328 g/mol. The van der Waals surface area contributed by atoms with Gasteiger partial charge in [0, 0.05) is 21.2 Å².